The molecule has 2 aromatic rings. The molecule has 29 heavy (non-hydrogen) atoms. The number of pyridine rings is 1. The van der Waals surface area contributed by atoms with Gasteiger partial charge < -0.3 is 10.1 Å². The standard InChI is InChI=1S/C25H34N2O2/c1-19-7-6-10-22(15-19)16-20(2)13-14-26-25(28)23-11-12-24(27-17-23)29-18-21-8-4-3-5-9-21/h3-5,8-9,11-12,17,19-20,22H,6-7,10,13-16,18H2,1-2H3,(H,26,28). The SMILES string of the molecule is CC1CCCC(CC(C)CCNC(=O)c2ccc(OCc3ccccc3)nc2)C1. The van der Waals surface area contributed by atoms with Gasteiger partial charge in [0.15, 0.2) is 0 Å². The fourth-order valence-electron chi connectivity index (χ4n) is 4.33. The van der Waals surface area contributed by atoms with E-state index >= 15 is 0 Å². The smallest absolute Gasteiger partial charge is 0.252 e. The van der Waals surface area contributed by atoms with Crippen molar-refractivity contribution in [3.8, 4) is 5.88 Å². The van der Waals surface area contributed by atoms with Crippen LogP contribution < -0.4 is 10.1 Å². The van der Waals surface area contributed by atoms with E-state index in [0.717, 1.165) is 23.8 Å². The minimum absolute atomic E-state index is 0.0643. The first-order chi connectivity index (χ1) is 14.1. The van der Waals surface area contributed by atoms with Crippen LogP contribution in [0.15, 0.2) is 48.7 Å². The highest BCUT2D eigenvalue weighted by Gasteiger charge is 2.20. The van der Waals surface area contributed by atoms with Crippen LogP contribution >= 0.6 is 0 Å². The molecule has 0 spiro atoms. The average molecular weight is 395 g/mol. The van der Waals surface area contributed by atoms with Crippen molar-refractivity contribution >= 4 is 5.91 Å². The lowest BCUT2D eigenvalue weighted by Gasteiger charge is -2.28. The van der Waals surface area contributed by atoms with Gasteiger partial charge in [-0.15, -0.1) is 0 Å². The van der Waals surface area contributed by atoms with Crippen molar-refractivity contribution in [1.29, 1.82) is 0 Å². The Balaban J connectivity index is 1.36. The van der Waals surface area contributed by atoms with Crippen molar-refractivity contribution in [2.45, 2.75) is 59.0 Å². The zero-order valence-corrected chi connectivity index (χ0v) is 17.8. The molecule has 4 nitrogen and oxygen atoms in total. The maximum atomic E-state index is 12.4. The van der Waals surface area contributed by atoms with Crippen LogP contribution in [0, 0.1) is 17.8 Å². The second kappa shape index (κ2) is 11.0. The Labute approximate surface area is 175 Å². The van der Waals surface area contributed by atoms with Crippen LogP contribution in [-0.2, 0) is 6.61 Å². The summed E-state index contributed by atoms with van der Waals surface area (Å²) in [6.07, 6.45) is 9.44. The van der Waals surface area contributed by atoms with Crippen LogP contribution in [0.4, 0.5) is 0 Å². The van der Waals surface area contributed by atoms with Gasteiger partial charge in [-0.25, -0.2) is 4.98 Å². The fourth-order valence-corrected chi connectivity index (χ4v) is 4.33. The monoisotopic (exact) mass is 394 g/mol. The van der Waals surface area contributed by atoms with Crippen molar-refractivity contribution in [2.24, 2.45) is 17.8 Å². The molecule has 0 aliphatic heterocycles. The number of ether oxygens (including phenoxy) is 1. The van der Waals surface area contributed by atoms with Gasteiger partial charge >= 0.3 is 0 Å². The number of aromatic nitrogens is 1. The third-order valence-electron chi connectivity index (χ3n) is 5.93. The third-order valence-corrected chi connectivity index (χ3v) is 5.93. The van der Waals surface area contributed by atoms with E-state index < -0.39 is 0 Å². The van der Waals surface area contributed by atoms with E-state index in [1.54, 1.807) is 18.3 Å². The van der Waals surface area contributed by atoms with Gasteiger partial charge in [0, 0.05) is 18.8 Å². The number of nitrogens with zero attached hydrogens (tertiary/aromatic N) is 1. The summed E-state index contributed by atoms with van der Waals surface area (Å²) in [6, 6.07) is 13.5. The maximum Gasteiger partial charge on any atom is 0.252 e. The zero-order chi connectivity index (χ0) is 20.5. The molecule has 3 unspecified atom stereocenters. The van der Waals surface area contributed by atoms with Gasteiger partial charge in [0.25, 0.3) is 5.91 Å². The highest BCUT2D eigenvalue weighted by atomic mass is 16.5. The molecule has 1 aliphatic rings. The first kappa shape index (κ1) is 21.4. The molecule has 1 heterocycles. The molecule has 0 saturated heterocycles. The van der Waals surface area contributed by atoms with Crippen molar-refractivity contribution < 1.29 is 9.53 Å². The summed E-state index contributed by atoms with van der Waals surface area (Å²) in [5, 5.41) is 3.03. The first-order valence-corrected chi connectivity index (χ1v) is 11.0. The molecule has 0 radical (unpaired) electrons. The summed E-state index contributed by atoms with van der Waals surface area (Å²) in [4.78, 5) is 16.6. The van der Waals surface area contributed by atoms with Crippen molar-refractivity contribution in [3.63, 3.8) is 0 Å². The number of nitrogens with one attached hydrogen (secondary N) is 1. The van der Waals surface area contributed by atoms with Gasteiger partial charge in [-0.05, 0) is 48.6 Å². The number of rotatable bonds is 9. The Kier molecular flexibility index (Phi) is 8.09. The fraction of sp³-hybridized carbons (Fsp3) is 0.520. The number of carbonyl (C=O) groups excluding carboxylic acids is 1. The van der Waals surface area contributed by atoms with Crippen LogP contribution in [0.2, 0.25) is 0 Å². The minimum Gasteiger partial charge on any atom is -0.473 e. The van der Waals surface area contributed by atoms with Crippen LogP contribution in [0.25, 0.3) is 0 Å². The number of benzene rings is 1. The molecule has 1 aliphatic carbocycles. The number of carbonyl (C=O) groups is 1. The van der Waals surface area contributed by atoms with E-state index in [2.05, 4.69) is 24.1 Å². The van der Waals surface area contributed by atoms with Gasteiger partial charge in [-0.1, -0.05) is 63.4 Å². The molecule has 1 saturated carbocycles. The van der Waals surface area contributed by atoms with Crippen LogP contribution in [0.5, 0.6) is 5.88 Å². The Morgan fingerprint density at radius 1 is 1.21 bits per heavy atom. The molecule has 4 heteroatoms. The van der Waals surface area contributed by atoms with E-state index in [1.165, 1.54) is 32.1 Å². The van der Waals surface area contributed by atoms with Gasteiger partial charge in [0.1, 0.15) is 6.61 Å². The zero-order valence-electron chi connectivity index (χ0n) is 17.8. The molecule has 3 rings (SSSR count). The normalized spacial score (nSPS) is 20.1. The maximum absolute atomic E-state index is 12.4. The first-order valence-electron chi connectivity index (χ1n) is 11.0. The molecule has 0 bridgehead atoms. The predicted molar refractivity (Wildman–Crippen MR) is 117 cm³/mol. The molecule has 1 amide bonds. The molecule has 156 valence electrons. The number of hydrogen-bond acceptors (Lipinski definition) is 3. The Bertz CT molecular complexity index is 745. The van der Waals surface area contributed by atoms with E-state index in [4.69, 9.17) is 4.74 Å². The van der Waals surface area contributed by atoms with Crippen molar-refractivity contribution in [2.75, 3.05) is 6.54 Å². The summed E-state index contributed by atoms with van der Waals surface area (Å²) in [7, 11) is 0. The molecular formula is C25H34N2O2. The summed E-state index contributed by atoms with van der Waals surface area (Å²) >= 11 is 0. The number of amides is 1. The van der Waals surface area contributed by atoms with Crippen LogP contribution in [-0.4, -0.2) is 17.4 Å². The van der Waals surface area contributed by atoms with Gasteiger partial charge in [0.2, 0.25) is 5.88 Å². The second-order valence-electron chi connectivity index (χ2n) is 8.68. The second-order valence-corrected chi connectivity index (χ2v) is 8.68. The topological polar surface area (TPSA) is 51.2 Å². The van der Waals surface area contributed by atoms with E-state index in [9.17, 15) is 4.79 Å². The lowest BCUT2D eigenvalue weighted by atomic mass is 9.78. The average Bonchev–Trinajstić information content (AvgIpc) is 2.73. The van der Waals surface area contributed by atoms with Crippen LogP contribution in [0.3, 0.4) is 0 Å². The van der Waals surface area contributed by atoms with Gasteiger partial charge in [-0.3, -0.25) is 4.79 Å². The Morgan fingerprint density at radius 3 is 2.76 bits per heavy atom. The molecule has 1 aromatic carbocycles. The quantitative estimate of drug-likeness (QED) is 0.599. The molecule has 1 N–H and O–H groups in total. The molecule has 3 atom stereocenters. The predicted octanol–water partition coefficient (Wildman–Crippen LogP) is 5.63. The van der Waals surface area contributed by atoms with Gasteiger partial charge in [0.05, 0.1) is 5.56 Å². The Morgan fingerprint density at radius 2 is 2.03 bits per heavy atom. The Hall–Kier alpha value is -2.36. The summed E-state index contributed by atoms with van der Waals surface area (Å²) in [6.45, 7) is 5.88. The summed E-state index contributed by atoms with van der Waals surface area (Å²) in [5.74, 6) is 2.87. The third kappa shape index (κ3) is 7.19. The highest BCUT2D eigenvalue weighted by molar-refractivity contribution is 5.93. The van der Waals surface area contributed by atoms with E-state index in [1.807, 2.05) is 30.3 Å². The van der Waals surface area contributed by atoms with Crippen LogP contribution in [0.1, 0.15) is 68.3 Å². The minimum atomic E-state index is -0.0643. The van der Waals surface area contributed by atoms with Crippen molar-refractivity contribution in [3.05, 3.63) is 59.8 Å². The lowest BCUT2D eigenvalue weighted by Crippen LogP contribution is -2.26. The molecule has 1 aromatic heterocycles. The van der Waals surface area contributed by atoms with E-state index in [-0.39, 0.29) is 5.91 Å². The molecule has 1 fully saturated rings. The molecular weight excluding hydrogens is 360 g/mol. The van der Waals surface area contributed by atoms with Gasteiger partial charge in [-0.2, -0.15) is 0 Å². The van der Waals surface area contributed by atoms with Crippen molar-refractivity contribution in [1.82, 2.24) is 10.3 Å². The summed E-state index contributed by atoms with van der Waals surface area (Å²) in [5.41, 5.74) is 1.67. The number of hydrogen-bond donors (Lipinski definition) is 1. The highest BCUT2D eigenvalue weighted by Crippen LogP contribution is 2.33. The van der Waals surface area contributed by atoms with E-state index in [0.29, 0.717) is 30.5 Å². The lowest BCUT2D eigenvalue weighted by molar-refractivity contribution is 0.0950. The largest absolute Gasteiger partial charge is 0.473 e. The summed E-state index contributed by atoms with van der Waals surface area (Å²) < 4.78 is 5.68.